The number of phenolic OH excluding ortho intramolecular Hbond substituents is 1. The fraction of sp³-hybridized carbons (Fsp3) is 0.300. The lowest BCUT2D eigenvalue weighted by Gasteiger charge is -2.24. The van der Waals surface area contributed by atoms with Crippen molar-refractivity contribution in [1.82, 2.24) is 19.7 Å². The number of hydrogen-bond donors (Lipinski definition) is 2. The van der Waals surface area contributed by atoms with Crippen LogP contribution in [0.4, 0.5) is 5.82 Å². The van der Waals surface area contributed by atoms with E-state index in [9.17, 15) is 9.90 Å². The summed E-state index contributed by atoms with van der Waals surface area (Å²) in [6.45, 7) is 5.69. The molecule has 1 aliphatic heterocycles. The Balaban J connectivity index is 1.88. The number of phenols is 1. The molecule has 1 atom stereocenters. The van der Waals surface area contributed by atoms with Crippen molar-refractivity contribution in [2.75, 3.05) is 12.4 Å². The Bertz CT molecular complexity index is 1070. The molecule has 0 saturated carbocycles. The van der Waals surface area contributed by atoms with Gasteiger partial charge in [0.1, 0.15) is 5.82 Å². The minimum atomic E-state index is -0.210. The molecular weight excluding hydrogens is 358 g/mol. The van der Waals surface area contributed by atoms with Crippen LogP contribution < -0.4 is 10.1 Å². The van der Waals surface area contributed by atoms with Gasteiger partial charge in [-0.2, -0.15) is 9.78 Å². The zero-order valence-electron chi connectivity index (χ0n) is 16.1. The molecule has 0 saturated heterocycles. The molecule has 3 aromatic rings. The second-order valence-electron chi connectivity index (χ2n) is 6.95. The van der Waals surface area contributed by atoms with Crippen LogP contribution in [0.25, 0.3) is 5.95 Å². The third-order valence-corrected chi connectivity index (χ3v) is 4.87. The second-order valence-corrected chi connectivity index (χ2v) is 6.95. The number of aromatic nitrogens is 4. The van der Waals surface area contributed by atoms with Crippen molar-refractivity contribution in [3.8, 4) is 17.4 Å². The van der Waals surface area contributed by atoms with Crippen molar-refractivity contribution in [1.29, 1.82) is 0 Å². The molecule has 1 aliphatic rings. The van der Waals surface area contributed by atoms with E-state index >= 15 is 0 Å². The maximum atomic E-state index is 12.5. The first-order valence-corrected chi connectivity index (χ1v) is 8.96. The van der Waals surface area contributed by atoms with E-state index in [0.29, 0.717) is 17.5 Å². The standard InChI is InChI=1S/C20H21N5O3/c1-10-7-11(2)22-20(21-10)25-19-18(12(3)24-25)14(9-17(27)23-19)13-5-6-15(26)16(8-13)28-4/h5-8,14,26H,9H2,1-4H3,(H,23,27). The summed E-state index contributed by atoms with van der Waals surface area (Å²) < 4.78 is 6.82. The first-order chi connectivity index (χ1) is 13.4. The number of hydrogen-bond acceptors (Lipinski definition) is 6. The monoisotopic (exact) mass is 379 g/mol. The maximum Gasteiger partial charge on any atom is 0.252 e. The number of nitrogens with one attached hydrogen (secondary N) is 1. The van der Waals surface area contributed by atoms with E-state index < -0.39 is 0 Å². The van der Waals surface area contributed by atoms with Crippen LogP contribution in [0.15, 0.2) is 24.3 Å². The largest absolute Gasteiger partial charge is 0.504 e. The zero-order valence-corrected chi connectivity index (χ0v) is 16.1. The number of methoxy groups -OCH3 is 1. The highest BCUT2D eigenvalue weighted by atomic mass is 16.5. The fourth-order valence-corrected chi connectivity index (χ4v) is 3.69. The highest BCUT2D eigenvalue weighted by Gasteiger charge is 2.33. The summed E-state index contributed by atoms with van der Waals surface area (Å²) in [6.07, 6.45) is 0.279. The third kappa shape index (κ3) is 2.96. The van der Waals surface area contributed by atoms with Crippen molar-refractivity contribution in [2.45, 2.75) is 33.1 Å². The number of rotatable bonds is 3. The molecule has 8 heteroatoms. The van der Waals surface area contributed by atoms with Gasteiger partial charge in [-0.3, -0.25) is 4.79 Å². The number of aromatic hydroxyl groups is 1. The maximum absolute atomic E-state index is 12.5. The molecule has 0 bridgehead atoms. The fourth-order valence-electron chi connectivity index (χ4n) is 3.69. The van der Waals surface area contributed by atoms with Crippen LogP contribution in [-0.2, 0) is 4.79 Å². The molecule has 2 N–H and O–H groups in total. The van der Waals surface area contributed by atoms with Gasteiger partial charge >= 0.3 is 0 Å². The smallest absolute Gasteiger partial charge is 0.252 e. The Kier molecular flexibility index (Phi) is 4.26. The van der Waals surface area contributed by atoms with Gasteiger partial charge in [0, 0.05) is 29.3 Å². The molecule has 1 amide bonds. The van der Waals surface area contributed by atoms with Crippen LogP contribution >= 0.6 is 0 Å². The van der Waals surface area contributed by atoms with Gasteiger partial charge in [0.05, 0.1) is 12.8 Å². The molecule has 0 spiro atoms. The Morgan fingerprint density at radius 2 is 1.89 bits per heavy atom. The van der Waals surface area contributed by atoms with Gasteiger partial charge in [0.25, 0.3) is 5.95 Å². The molecule has 3 heterocycles. The average molecular weight is 379 g/mol. The van der Waals surface area contributed by atoms with Crippen molar-refractivity contribution in [2.24, 2.45) is 0 Å². The summed E-state index contributed by atoms with van der Waals surface area (Å²) in [4.78, 5) is 21.4. The second kappa shape index (κ2) is 6.63. The summed E-state index contributed by atoms with van der Waals surface area (Å²) in [6, 6.07) is 7.02. The summed E-state index contributed by atoms with van der Waals surface area (Å²) in [5.41, 5.74) is 4.22. The number of amides is 1. The number of carbonyl (C=O) groups is 1. The molecule has 144 valence electrons. The van der Waals surface area contributed by atoms with E-state index in [1.54, 1.807) is 22.9 Å². The van der Waals surface area contributed by atoms with Crippen LogP contribution in [0.3, 0.4) is 0 Å². The molecular formula is C20H21N5O3. The third-order valence-electron chi connectivity index (χ3n) is 4.87. The Morgan fingerprint density at radius 1 is 1.18 bits per heavy atom. The van der Waals surface area contributed by atoms with Gasteiger partial charge in [0.15, 0.2) is 11.5 Å². The van der Waals surface area contributed by atoms with E-state index in [2.05, 4.69) is 20.4 Å². The minimum absolute atomic E-state index is 0.0581. The molecule has 1 unspecified atom stereocenters. The van der Waals surface area contributed by atoms with Crippen LogP contribution in [0.2, 0.25) is 0 Å². The molecule has 0 radical (unpaired) electrons. The molecule has 4 rings (SSSR count). The normalized spacial score (nSPS) is 15.9. The number of nitrogens with zero attached hydrogens (tertiary/aromatic N) is 4. The lowest BCUT2D eigenvalue weighted by atomic mass is 9.85. The van der Waals surface area contributed by atoms with Crippen molar-refractivity contribution in [3.63, 3.8) is 0 Å². The highest BCUT2D eigenvalue weighted by molar-refractivity contribution is 5.95. The predicted octanol–water partition coefficient (Wildman–Crippen LogP) is 2.78. The molecule has 0 fully saturated rings. The van der Waals surface area contributed by atoms with Crippen LogP contribution in [0.5, 0.6) is 11.5 Å². The van der Waals surface area contributed by atoms with Crippen LogP contribution in [0, 0.1) is 20.8 Å². The topological polar surface area (TPSA) is 102 Å². The van der Waals surface area contributed by atoms with E-state index in [-0.39, 0.29) is 24.0 Å². The number of carbonyl (C=O) groups excluding carboxylic acids is 1. The molecule has 8 nitrogen and oxygen atoms in total. The number of aryl methyl sites for hydroxylation is 3. The first kappa shape index (κ1) is 18.0. The minimum Gasteiger partial charge on any atom is -0.504 e. The number of anilines is 1. The number of benzene rings is 1. The summed E-state index contributed by atoms with van der Waals surface area (Å²) in [5, 5.41) is 17.4. The lowest BCUT2D eigenvalue weighted by molar-refractivity contribution is -0.116. The summed E-state index contributed by atoms with van der Waals surface area (Å²) >= 11 is 0. The van der Waals surface area contributed by atoms with Gasteiger partial charge in [-0.1, -0.05) is 6.07 Å². The van der Waals surface area contributed by atoms with Crippen molar-refractivity contribution >= 4 is 11.7 Å². The molecule has 28 heavy (non-hydrogen) atoms. The predicted molar refractivity (Wildman–Crippen MR) is 103 cm³/mol. The van der Waals surface area contributed by atoms with E-state index in [4.69, 9.17) is 4.74 Å². The number of fused-ring (bicyclic) bond motifs is 1. The van der Waals surface area contributed by atoms with Gasteiger partial charge in [-0.15, -0.1) is 0 Å². The zero-order chi connectivity index (χ0) is 20.0. The summed E-state index contributed by atoms with van der Waals surface area (Å²) in [7, 11) is 1.50. The first-order valence-electron chi connectivity index (χ1n) is 8.96. The van der Waals surface area contributed by atoms with Crippen LogP contribution in [-0.4, -0.2) is 37.9 Å². The Morgan fingerprint density at radius 3 is 2.57 bits per heavy atom. The molecule has 1 aromatic carbocycles. The average Bonchev–Trinajstić information content (AvgIpc) is 2.97. The van der Waals surface area contributed by atoms with Crippen molar-refractivity contribution in [3.05, 3.63) is 52.5 Å². The van der Waals surface area contributed by atoms with Gasteiger partial charge in [0.2, 0.25) is 5.91 Å². The SMILES string of the molecule is COc1cc(C2CC(=O)Nc3c2c(C)nn3-c2nc(C)cc(C)n2)ccc1O. The van der Waals surface area contributed by atoms with Gasteiger partial charge in [-0.05, 0) is 44.5 Å². The summed E-state index contributed by atoms with van der Waals surface area (Å²) in [5.74, 6) is 1.10. The van der Waals surface area contributed by atoms with Gasteiger partial charge in [-0.25, -0.2) is 9.97 Å². The Labute approximate surface area is 162 Å². The van der Waals surface area contributed by atoms with Gasteiger partial charge < -0.3 is 15.2 Å². The quantitative estimate of drug-likeness (QED) is 0.725. The van der Waals surface area contributed by atoms with E-state index in [1.807, 2.05) is 26.8 Å². The van der Waals surface area contributed by atoms with E-state index in [0.717, 1.165) is 28.2 Å². The molecule has 0 aliphatic carbocycles. The molecule has 2 aromatic heterocycles. The van der Waals surface area contributed by atoms with Crippen LogP contribution in [0.1, 0.15) is 40.5 Å². The lowest BCUT2D eigenvalue weighted by Crippen LogP contribution is -2.25. The Hall–Kier alpha value is -3.42. The van der Waals surface area contributed by atoms with E-state index in [1.165, 1.54) is 7.11 Å². The van der Waals surface area contributed by atoms with Crippen molar-refractivity contribution < 1.29 is 14.6 Å². The highest BCUT2D eigenvalue weighted by Crippen LogP contribution is 2.41. The number of ether oxygens (including phenoxy) is 1.